The van der Waals surface area contributed by atoms with Gasteiger partial charge in [0.1, 0.15) is 0 Å². The molecule has 0 atom stereocenters. The van der Waals surface area contributed by atoms with Gasteiger partial charge in [-0.1, -0.05) is 11.6 Å². The van der Waals surface area contributed by atoms with Crippen LogP contribution in [-0.4, -0.2) is 23.3 Å². The first-order valence-corrected chi connectivity index (χ1v) is 5.87. The van der Waals surface area contributed by atoms with Gasteiger partial charge >= 0.3 is 7.12 Å². The first kappa shape index (κ1) is 12.7. The minimum Gasteiger partial charge on any atom is -0.398 e. The number of aromatic nitrogens is 1. The SMILES string of the molecule is CC1(C)OB(c2cc(N)c(Cl)cn2)OC1(C)C. The summed E-state index contributed by atoms with van der Waals surface area (Å²) in [5.41, 5.74) is 6.10. The second-order valence-corrected chi connectivity index (χ2v) is 5.63. The molecule has 1 aliphatic rings. The van der Waals surface area contributed by atoms with Gasteiger partial charge in [0.05, 0.1) is 27.5 Å². The molecule has 0 amide bonds. The van der Waals surface area contributed by atoms with Crippen molar-refractivity contribution in [2.24, 2.45) is 0 Å². The van der Waals surface area contributed by atoms with E-state index in [4.69, 9.17) is 26.6 Å². The van der Waals surface area contributed by atoms with E-state index in [-0.39, 0.29) is 11.2 Å². The highest BCUT2D eigenvalue weighted by molar-refractivity contribution is 6.61. The van der Waals surface area contributed by atoms with Crippen LogP contribution in [0, 0.1) is 0 Å². The molecule has 1 aromatic heterocycles. The lowest BCUT2D eigenvalue weighted by Gasteiger charge is -2.32. The van der Waals surface area contributed by atoms with Gasteiger partial charge in [-0.3, -0.25) is 4.98 Å². The van der Waals surface area contributed by atoms with Gasteiger partial charge in [0.25, 0.3) is 0 Å². The Balaban J connectivity index is 2.29. The molecule has 6 heteroatoms. The largest absolute Gasteiger partial charge is 0.514 e. The van der Waals surface area contributed by atoms with E-state index in [9.17, 15) is 0 Å². The molecule has 4 nitrogen and oxygen atoms in total. The molecule has 1 fully saturated rings. The third kappa shape index (κ3) is 2.15. The van der Waals surface area contributed by atoms with Gasteiger partial charge in [-0.2, -0.15) is 0 Å². The predicted octanol–water partition coefficient (Wildman–Crippen LogP) is 1.62. The van der Waals surface area contributed by atoms with Crippen LogP contribution in [0.15, 0.2) is 12.3 Å². The molecule has 1 aliphatic heterocycles. The molecule has 1 saturated heterocycles. The fraction of sp³-hybridized carbons (Fsp3) is 0.545. The Morgan fingerprint density at radius 3 is 2.24 bits per heavy atom. The molecule has 0 aromatic carbocycles. The summed E-state index contributed by atoms with van der Waals surface area (Å²) >= 11 is 5.83. The molecule has 0 spiro atoms. The van der Waals surface area contributed by atoms with Gasteiger partial charge in [-0.15, -0.1) is 0 Å². The summed E-state index contributed by atoms with van der Waals surface area (Å²) in [5.74, 6) is 0. The van der Waals surface area contributed by atoms with Crippen LogP contribution < -0.4 is 11.3 Å². The molecule has 0 aliphatic carbocycles. The van der Waals surface area contributed by atoms with E-state index in [0.717, 1.165) is 0 Å². The molecule has 0 bridgehead atoms. The third-order valence-corrected chi connectivity index (χ3v) is 3.72. The van der Waals surface area contributed by atoms with E-state index in [1.807, 2.05) is 27.7 Å². The minimum atomic E-state index is -0.500. The molecule has 0 radical (unpaired) electrons. The second-order valence-electron chi connectivity index (χ2n) is 5.22. The van der Waals surface area contributed by atoms with Gasteiger partial charge in [0.15, 0.2) is 0 Å². The van der Waals surface area contributed by atoms with Crippen molar-refractivity contribution in [1.29, 1.82) is 0 Å². The Kier molecular flexibility index (Phi) is 2.88. The van der Waals surface area contributed by atoms with E-state index in [2.05, 4.69) is 4.98 Å². The van der Waals surface area contributed by atoms with Crippen LogP contribution in [0.4, 0.5) is 5.69 Å². The standard InChI is InChI=1S/C11H16BClN2O2/c1-10(2)11(3,4)17-12(16-10)9-5-8(14)7(13)6-15-9/h5-6H,1-4H3,(H2,14,15). The van der Waals surface area contributed by atoms with Gasteiger partial charge < -0.3 is 15.0 Å². The first-order chi connectivity index (χ1) is 7.73. The number of pyridine rings is 1. The normalized spacial score (nSPS) is 21.8. The van der Waals surface area contributed by atoms with Crippen LogP contribution in [0.25, 0.3) is 0 Å². The van der Waals surface area contributed by atoms with Crippen molar-refractivity contribution in [2.75, 3.05) is 5.73 Å². The number of rotatable bonds is 1. The number of hydrogen-bond donors (Lipinski definition) is 1. The van der Waals surface area contributed by atoms with Gasteiger partial charge in [0, 0.05) is 6.20 Å². The molecule has 0 unspecified atom stereocenters. The van der Waals surface area contributed by atoms with E-state index in [0.29, 0.717) is 16.3 Å². The summed E-state index contributed by atoms with van der Waals surface area (Å²) in [6, 6.07) is 1.68. The zero-order valence-corrected chi connectivity index (χ0v) is 11.2. The van der Waals surface area contributed by atoms with E-state index in [1.165, 1.54) is 6.20 Å². The monoisotopic (exact) mass is 254 g/mol. The van der Waals surface area contributed by atoms with Crippen molar-refractivity contribution >= 4 is 30.0 Å². The average Bonchev–Trinajstić information content (AvgIpc) is 2.41. The summed E-state index contributed by atoms with van der Waals surface area (Å²) in [6.45, 7) is 7.97. The highest BCUT2D eigenvalue weighted by atomic mass is 35.5. The van der Waals surface area contributed by atoms with Gasteiger partial charge in [0.2, 0.25) is 0 Å². The van der Waals surface area contributed by atoms with Crippen molar-refractivity contribution in [2.45, 2.75) is 38.9 Å². The Bertz CT molecular complexity index is 435. The van der Waals surface area contributed by atoms with Crippen LogP contribution in [0.5, 0.6) is 0 Å². The highest BCUT2D eigenvalue weighted by Crippen LogP contribution is 2.36. The average molecular weight is 255 g/mol. The number of hydrogen-bond acceptors (Lipinski definition) is 4. The van der Waals surface area contributed by atoms with Crippen LogP contribution in [0.2, 0.25) is 5.02 Å². The van der Waals surface area contributed by atoms with E-state index in [1.54, 1.807) is 6.07 Å². The van der Waals surface area contributed by atoms with Gasteiger partial charge in [-0.05, 0) is 33.8 Å². The third-order valence-electron chi connectivity index (χ3n) is 3.40. The summed E-state index contributed by atoms with van der Waals surface area (Å²) in [4.78, 5) is 4.19. The molecule has 1 aromatic rings. The molecule has 92 valence electrons. The molecular weight excluding hydrogens is 238 g/mol. The quantitative estimate of drug-likeness (QED) is 0.774. The number of nitrogens with two attached hydrogens (primary N) is 1. The van der Waals surface area contributed by atoms with E-state index < -0.39 is 7.12 Å². The Hall–Kier alpha value is -0.775. The lowest BCUT2D eigenvalue weighted by Crippen LogP contribution is -2.41. The van der Waals surface area contributed by atoms with Crippen LogP contribution in [0.1, 0.15) is 27.7 Å². The summed E-state index contributed by atoms with van der Waals surface area (Å²) < 4.78 is 11.7. The summed E-state index contributed by atoms with van der Waals surface area (Å²) in [5, 5.41) is 0.435. The van der Waals surface area contributed by atoms with E-state index >= 15 is 0 Å². The summed E-state index contributed by atoms with van der Waals surface area (Å²) in [7, 11) is -0.500. The van der Waals surface area contributed by atoms with Crippen LogP contribution in [-0.2, 0) is 9.31 Å². The lowest BCUT2D eigenvalue weighted by molar-refractivity contribution is 0.00578. The maximum atomic E-state index is 5.86. The van der Waals surface area contributed by atoms with Crippen molar-refractivity contribution < 1.29 is 9.31 Å². The fourth-order valence-electron chi connectivity index (χ4n) is 1.56. The number of halogens is 1. The van der Waals surface area contributed by atoms with Gasteiger partial charge in [-0.25, -0.2) is 0 Å². The van der Waals surface area contributed by atoms with Crippen LogP contribution >= 0.6 is 11.6 Å². The zero-order valence-electron chi connectivity index (χ0n) is 10.5. The first-order valence-electron chi connectivity index (χ1n) is 5.49. The molecular formula is C11H16BClN2O2. The smallest absolute Gasteiger partial charge is 0.398 e. The van der Waals surface area contributed by atoms with Crippen molar-refractivity contribution in [3.05, 3.63) is 17.3 Å². The number of nitrogen functional groups attached to an aromatic ring is 1. The molecule has 17 heavy (non-hydrogen) atoms. The molecule has 2 rings (SSSR count). The highest BCUT2D eigenvalue weighted by Gasteiger charge is 2.52. The van der Waals surface area contributed by atoms with Crippen molar-refractivity contribution in [3.63, 3.8) is 0 Å². The molecule has 2 heterocycles. The Morgan fingerprint density at radius 1 is 1.24 bits per heavy atom. The lowest BCUT2D eigenvalue weighted by atomic mass is 9.84. The zero-order chi connectivity index (χ0) is 12.8. The second kappa shape index (κ2) is 3.87. The maximum absolute atomic E-state index is 5.86. The maximum Gasteiger partial charge on any atom is 0.514 e. The van der Waals surface area contributed by atoms with Crippen molar-refractivity contribution in [1.82, 2.24) is 4.98 Å². The van der Waals surface area contributed by atoms with Crippen molar-refractivity contribution in [3.8, 4) is 0 Å². The topological polar surface area (TPSA) is 57.4 Å². The van der Waals surface area contributed by atoms with Crippen LogP contribution in [0.3, 0.4) is 0 Å². The summed E-state index contributed by atoms with van der Waals surface area (Å²) in [6.07, 6.45) is 1.51. The predicted molar refractivity (Wildman–Crippen MR) is 69.4 cm³/mol. The molecule has 2 N–H and O–H groups in total. The Labute approximate surface area is 107 Å². The fourth-order valence-corrected chi connectivity index (χ4v) is 1.67. The number of nitrogens with zero attached hydrogens (tertiary/aromatic N) is 1. The minimum absolute atomic E-state index is 0.381. The molecule has 0 saturated carbocycles. The Morgan fingerprint density at radius 2 is 1.76 bits per heavy atom. The number of anilines is 1.